The van der Waals surface area contributed by atoms with E-state index in [1.54, 1.807) is 46.8 Å². The van der Waals surface area contributed by atoms with Crippen molar-refractivity contribution >= 4 is 115 Å². The van der Waals surface area contributed by atoms with Crippen LogP contribution in [0.15, 0.2) is 214 Å². The molecule has 18 rings (SSSR count). The number of hydrogen-bond donors (Lipinski definition) is 2. The molecular formula is C116H128N8O17. The fourth-order valence-electron chi connectivity index (χ4n) is 21.2. The number of allylic oxidation sites excluding steroid dienone is 4. The maximum absolute atomic E-state index is 14.4. The van der Waals surface area contributed by atoms with Crippen molar-refractivity contribution in [3.8, 4) is 51.0 Å². The Morgan fingerprint density at radius 3 is 1.34 bits per heavy atom. The van der Waals surface area contributed by atoms with Gasteiger partial charge in [0.25, 0.3) is 0 Å². The van der Waals surface area contributed by atoms with E-state index < -0.39 is 82.5 Å². The number of carbonyl (C=O) groups excluding carboxylic acids is 12. The van der Waals surface area contributed by atoms with E-state index in [1.807, 2.05) is 158 Å². The molecule has 3 aliphatic carbocycles. The van der Waals surface area contributed by atoms with Gasteiger partial charge in [0.1, 0.15) is 58.7 Å². The average molecular weight is 1910 g/mol. The SMILES string of the molecule is C=C[C@@H]1C[C@]1(CC(=O)[C@@H]1C[C@@H]2CN1C(=O)[C@H](C)CC(=O)OCCC/C=C/c1ccc3nc(-c4ccccc4)cc(c3c1)O2)C(C)=O.C=C[C@@H]1C[C@]1(CC(=O)[C@@H]1C[C@@H]2CN1C(=O)[C@H](C)CC(=O)OCCCCCc1ccc3nc(-c4ccccc4)cc(c3c1)O2)C(C)=O.C=C[C@@H]1C[C@]1(NC(=O)[C@@H]1C[C@@H]2CN1C(=O)[C@H](CCCC)CC(=O)NCCC/C=C/c1ccc3nc(-c4ccccc4)cc(c3c1)O2)C(C)=O. The van der Waals surface area contributed by atoms with E-state index in [9.17, 15) is 57.5 Å². The summed E-state index contributed by atoms with van der Waals surface area (Å²) in [4.78, 5) is 180. The molecule has 9 heterocycles. The molecule has 0 radical (unpaired) electrons. The summed E-state index contributed by atoms with van der Waals surface area (Å²) in [6.45, 7) is 23.1. The van der Waals surface area contributed by atoms with Crippen LogP contribution >= 0.6 is 0 Å². The Labute approximate surface area is 824 Å². The van der Waals surface area contributed by atoms with Crippen LogP contribution in [-0.2, 0) is 73.4 Å². The highest BCUT2D eigenvalue weighted by Gasteiger charge is 2.61. The lowest BCUT2D eigenvalue weighted by atomic mass is 9.89. The third-order valence-corrected chi connectivity index (χ3v) is 29.8. The first-order valence-electron chi connectivity index (χ1n) is 50.2. The zero-order valence-electron chi connectivity index (χ0n) is 81.6. The first-order chi connectivity index (χ1) is 68.1. The second-order valence-electron chi connectivity index (χ2n) is 39.8. The number of nitrogens with zero attached hydrogens (tertiary/aromatic N) is 6. The van der Waals surface area contributed by atoms with Crippen LogP contribution < -0.4 is 24.8 Å². The van der Waals surface area contributed by atoms with Crippen molar-refractivity contribution in [2.45, 2.75) is 225 Å². The average Bonchev–Trinajstić information content (AvgIpc) is 1.59. The van der Waals surface area contributed by atoms with Crippen LogP contribution in [0.25, 0.3) is 78.6 Å². The van der Waals surface area contributed by atoms with Crippen LogP contribution in [-0.4, -0.2) is 181 Å². The number of hydrogen-bond acceptors (Lipinski definition) is 20. The normalized spacial score (nSPS) is 26.8. The number of rotatable bonds is 20. The van der Waals surface area contributed by atoms with E-state index >= 15 is 0 Å². The first kappa shape index (κ1) is 100. The number of cyclic esters (lactones) is 2. The van der Waals surface area contributed by atoms with Crippen molar-refractivity contribution in [3.05, 3.63) is 231 Å². The largest absolute Gasteiger partial charge is 0.488 e. The lowest BCUT2D eigenvalue weighted by Crippen LogP contribution is -2.53. The van der Waals surface area contributed by atoms with Gasteiger partial charge in [0.15, 0.2) is 17.3 Å². The highest BCUT2D eigenvalue weighted by molar-refractivity contribution is 6.01. The van der Waals surface area contributed by atoms with Crippen molar-refractivity contribution in [2.75, 3.05) is 39.4 Å². The van der Waals surface area contributed by atoms with E-state index in [4.69, 9.17) is 38.6 Å². The van der Waals surface area contributed by atoms with Crippen LogP contribution in [0.4, 0.5) is 0 Å². The Hall–Kier alpha value is -13.7. The van der Waals surface area contributed by atoms with E-state index in [0.717, 1.165) is 141 Å². The minimum absolute atomic E-state index is 0.0320. The Balaban J connectivity index is 0.000000152. The van der Waals surface area contributed by atoms with Gasteiger partial charge in [-0.3, -0.25) is 57.5 Å². The van der Waals surface area contributed by atoms with E-state index in [1.165, 1.54) is 20.8 Å². The van der Waals surface area contributed by atoms with Crippen molar-refractivity contribution in [2.24, 2.45) is 46.3 Å². The monoisotopic (exact) mass is 1900 g/mol. The quantitative estimate of drug-likeness (QED) is 0.0529. The molecule has 3 aromatic heterocycles. The maximum Gasteiger partial charge on any atom is 0.306 e. The van der Waals surface area contributed by atoms with Crippen LogP contribution in [0.2, 0.25) is 0 Å². The molecule has 6 aromatic carbocycles. The van der Waals surface area contributed by atoms with Crippen molar-refractivity contribution in [3.63, 3.8) is 0 Å². The molecule has 25 heteroatoms. The Kier molecular flexibility index (Phi) is 31.6. The number of pyridine rings is 3. The molecule has 6 aliphatic heterocycles. The highest BCUT2D eigenvalue weighted by Crippen LogP contribution is 2.59. The summed E-state index contributed by atoms with van der Waals surface area (Å²) in [6, 6.07) is 51.4. The standard InChI is InChI=1S/C40H46N4O5.C38H42N2O6.C38H40N2O6/c1-4-6-14-29-21-37(46)41-19-12-8-9-13-27-17-18-33-32(20-27)36(23-34(42-33)28-15-10-7-11-16-28)49-31-22-35(44(25-31)39(29)48)38(47)43-40(26(3)45)24-30(40)5-2;2*1-4-28-21-38(28,25(3)41)22-34(42)33-19-29-23-40(33)37(44)24(2)17-36(43)45-16-10-6-7-11-26-14-15-31-30(18-26)35(46-29)20-32(39-31)27-12-8-5-9-13-27/h5,7,9-11,13,15-18,20,23,29-31,35H,2,4,6,8,12,14,19,21-22,24-25H2,1,3H3,(H,41,46)(H,43,47);4-5,8-9,12-15,18,20,24,28-29,33H,1,6-7,10-11,16-17,19,21-23H2,2-3H3;4-5,7-9,11-15,18,20,24,28-29,33H,1,6,10,16-17,19,21-23H2,2-3H3/b13-9+;;11-7+/t29-,30-,31-,35+,40+;2*24-,28-,29-,33+,38+/m111/s1. The molecule has 141 heavy (non-hydrogen) atoms. The van der Waals surface area contributed by atoms with Gasteiger partial charge in [0, 0.05) is 131 Å². The third kappa shape index (κ3) is 23.2. The summed E-state index contributed by atoms with van der Waals surface area (Å²) in [5, 5.41) is 8.55. The minimum atomic E-state index is -1.00. The molecule has 0 spiro atoms. The zero-order valence-corrected chi connectivity index (χ0v) is 81.6. The van der Waals surface area contributed by atoms with Crippen LogP contribution in [0.1, 0.15) is 193 Å². The summed E-state index contributed by atoms with van der Waals surface area (Å²) >= 11 is 0. The van der Waals surface area contributed by atoms with Crippen LogP contribution in [0.5, 0.6) is 17.2 Å². The predicted octanol–water partition coefficient (Wildman–Crippen LogP) is 18.7. The highest BCUT2D eigenvalue weighted by atomic mass is 16.5. The zero-order chi connectivity index (χ0) is 99.4. The molecule has 2 N–H and O–H groups in total. The summed E-state index contributed by atoms with van der Waals surface area (Å²) in [6.07, 6.45) is 23.0. The third-order valence-electron chi connectivity index (χ3n) is 29.8. The van der Waals surface area contributed by atoms with E-state index in [2.05, 4.69) is 67.6 Å². The fourth-order valence-corrected chi connectivity index (χ4v) is 21.2. The minimum Gasteiger partial charge on any atom is -0.488 e. The van der Waals surface area contributed by atoms with Crippen molar-refractivity contribution in [1.29, 1.82) is 0 Å². The molecule has 25 nitrogen and oxygen atoms in total. The number of ketones is 5. The van der Waals surface area contributed by atoms with Gasteiger partial charge in [-0.25, -0.2) is 15.0 Å². The molecule has 3 saturated heterocycles. The maximum atomic E-state index is 14.4. The Morgan fingerprint density at radius 2 is 0.908 bits per heavy atom. The molecule has 6 fully saturated rings. The van der Waals surface area contributed by atoms with Crippen molar-refractivity contribution in [1.82, 2.24) is 40.3 Å². The van der Waals surface area contributed by atoms with Gasteiger partial charge in [0.05, 0.1) is 91.4 Å². The number of fused-ring (bicyclic) bond motifs is 9. The number of ether oxygens (including phenoxy) is 5. The topological polar surface area (TPSA) is 323 Å². The number of carbonyl (C=O) groups is 12. The molecule has 9 aromatic rings. The number of benzene rings is 6. The molecule has 3 saturated carbocycles. The fraction of sp³-hybridized carbons (Fsp3) is 0.422. The first-order valence-corrected chi connectivity index (χ1v) is 50.2. The molecule has 12 bridgehead atoms. The lowest BCUT2D eigenvalue weighted by Gasteiger charge is -2.29. The van der Waals surface area contributed by atoms with Gasteiger partial charge in [-0.1, -0.05) is 185 Å². The van der Waals surface area contributed by atoms with Crippen LogP contribution in [0.3, 0.4) is 0 Å². The van der Waals surface area contributed by atoms with Gasteiger partial charge < -0.3 is 49.0 Å². The summed E-state index contributed by atoms with van der Waals surface area (Å²) in [5.74, 6) is -3.06. The number of Topliss-reactive ketones (excluding diaryl/α,β-unsaturated/α-hetero) is 5. The molecule has 15 atom stereocenters. The van der Waals surface area contributed by atoms with E-state index in [-0.39, 0.29) is 147 Å². The van der Waals surface area contributed by atoms with Crippen LogP contribution in [0, 0.1) is 46.3 Å². The molecule has 0 unspecified atom stereocenters. The number of nitrogens with one attached hydrogen (secondary N) is 2. The predicted molar refractivity (Wildman–Crippen MR) is 541 cm³/mol. The second-order valence-corrected chi connectivity index (χ2v) is 39.8. The van der Waals surface area contributed by atoms with Gasteiger partial charge in [-0.15, -0.1) is 19.7 Å². The Morgan fingerprint density at radius 1 is 0.475 bits per heavy atom. The van der Waals surface area contributed by atoms with Crippen molar-refractivity contribution < 1.29 is 81.2 Å². The van der Waals surface area contributed by atoms with Gasteiger partial charge in [-0.05, 0) is 163 Å². The summed E-state index contributed by atoms with van der Waals surface area (Å²) in [5.41, 5.74) is 8.10. The molecule has 5 amide bonds. The van der Waals surface area contributed by atoms with E-state index in [0.29, 0.717) is 68.9 Å². The van der Waals surface area contributed by atoms with Gasteiger partial charge in [0.2, 0.25) is 29.5 Å². The molecule has 9 aliphatic rings. The number of aryl methyl sites for hydroxylation is 1. The Bertz CT molecular complexity index is 6350. The summed E-state index contributed by atoms with van der Waals surface area (Å²) < 4.78 is 31.1. The summed E-state index contributed by atoms with van der Waals surface area (Å²) in [7, 11) is 0. The number of esters is 2. The van der Waals surface area contributed by atoms with Gasteiger partial charge in [-0.2, -0.15) is 0 Å². The van der Waals surface area contributed by atoms with Gasteiger partial charge >= 0.3 is 11.9 Å². The molecule has 734 valence electrons. The molecular weight excluding hydrogens is 1780 g/mol. The second kappa shape index (κ2) is 44.4. The number of unbranched alkanes of at least 4 members (excludes halogenated alkanes) is 1. The number of amides is 5. The smallest absolute Gasteiger partial charge is 0.306 e. The lowest BCUT2D eigenvalue weighted by molar-refractivity contribution is -0.150. The number of aromatic nitrogens is 3.